The number of hydrogen-bond acceptors (Lipinski definition) is 4. The third kappa shape index (κ3) is 2.45. The van der Waals surface area contributed by atoms with Gasteiger partial charge in [0.1, 0.15) is 11.6 Å². The number of nitrogens with zero attached hydrogens (tertiary/aromatic N) is 2. The molecule has 0 radical (unpaired) electrons. The summed E-state index contributed by atoms with van der Waals surface area (Å²) in [4.78, 5) is 8.98. The minimum atomic E-state index is 0.339. The average molecular weight is 206 g/mol. The molecule has 0 saturated carbocycles. The van der Waals surface area contributed by atoms with E-state index in [2.05, 4.69) is 20.6 Å². The van der Waals surface area contributed by atoms with Crippen molar-refractivity contribution in [2.24, 2.45) is 0 Å². The largest absolute Gasteiger partial charge is 0.373 e. The average Bonchev–Trinajstić information content (AvgIpc) is 2.29. The summed E-state index contributed by atoms with van der Waals surface area (Å²) < 4.78 is 0. The Morgan fingerprint density at radius 2 is 2.27 bits per heavy atom. The summed E-state index contributed by atoms with van der Waals surface area (Å²) in [6, 6.07) is 2.30. The number of rotatable bonds is 2. The second kappa shape index (κ2) is 4.57. The Bertz CT molecular complexity index is 331. The Morgan fingerprint density at radius 3 is 2.93 bits per heavy atom. The number of aromatic nitrogens is 2. The molecule has 1 aromatic rings. The van der Waals surface area contributed by atoms with Gasteiger partial charge in [0.2, 0.25) is 0 Å². The lowest BCUT2D eigenvalue weighted by atomic mass is 10.0. The van der Waals surface area contributed by atoms with Crippen molar-refractivity contribution in [2.75, 3.05) is 18.9 Å². The van der Waals surface area contributed by atoms with Crippen LogP contribution in [0, 0.1) is 6.92 Å². The topological polar surface area (TPSA) is 49.8 Å². The van der Waals surface area contributed by atoms with E-state index in [9.17, 15) is 0 Å². The van der Waals surface area contributed by atoms with Crippen molar-refractivity contribution in [1.82, 2.24) is 15.3 Å². The molecule has 0 aromatic carbocycles. The van der Waals surface area contributed by atoms with Crippen molar-refractivity contribution in [1.29, 1.82) is 0 Å². The molecule has 4 heteroatoms. The first-order valence-corrected chi connectivity index (χ1v) is 5.56. The van der Waals surface area contributed by atoms with E-state index in [1.807, 2.05) is 20.0 Å². The van der Waals surface area contributed by atoms with Gasteiger partial charge >= 0.3 is 0 Å². The van der Waals surface area contributed by atoms with Gasteiger partial charge in [0.15, 0.2) is 0 Å². The maximum Gasteiger partial charge on any atom is 0.147 e. The molecule has 0 amide bonds. The molecule has 4 nitrogen and oxygen atoms in total. The van der Waals surface area contributed by atoms with Crippen molar-refractivity contribution >= 4 is 5.82 Å². The van der Waals surface area contributed by atoms with Crippen molar-refractivity contribution in [3.8, 4) is 0 Å². The van der Waals surface area contributed by atoms with E-state index in [0.717, 1.165) is 30.3 Å². The molecule has 1 fully saturated rings. The molecule has 1 aromatic heterocycles. The van der Waals surface area contributed by atoms with Crippen LogP contribution in [0.4, 0.5) is 5.82 Å². The maximum atomic E-state index is 4.49. The van der Waals surface area contributed by atoms with Crippen LogP contribution in [-0.2, 0) is 0 Å². The predicted octanol–water partition coefficient (Wildman–Crippen LogP) is 1.64. The molecule has 15 heavy (non-hydrogen) atoms. The van der Waals surface area contributed by atoms with Gasteiger partial charge in [-0.25, -0.2) is 9.97 Å². The first kappa shape index (κ1) is 10.4. The molecular weight excluding hydrogens is 188 g/mol. The highest BCUT2D eigenvalue weighted by Crippen LogP contribution is 2.21. The fraction of sp³-hybridized carbons (Fsp3) is 0.636. The summed E-state index contributed by atoms with van der Waals surface area (Å²) in [6.45, 7) is 3.09. The van der Waals surface area contributed by atoms with E-state index in [-0.39, 0.29) is 0 Å². The van der Waals surface area contributed by atoms with Crippen LogP contribution in [0.3, 0.4) is 0 Å². The molecule has 1 aliphatic rings. The van der Waals surface area contributed by atoms with E-state index in [1.165, 1.54) is 12.8 Å². The van der Waals surface area contributed by atoms with Crippen LogP contribution in [0.25, 0.3) is 0 Å². The van der Waals surface area contributed by atoms with Gasteiger partial charge in [-0.1, -0.05) is 6.42 Å². The fourth-order valence-electron chi connectivity index (χ4n) is 1.95. The van der Waals surface area contributed by atoms with Gasteiger partial charge in [0, 0.05) is 18.8 Å². The molecule has 2 N–H and O–H groups in total. The summed E-state index contributed by atoms with van der Waals surface area (Å²) in [7, 11) is 1.89. The Morgan fingerprint density at radius 1 is 1.40 bits per heavy atom. The van der Waals surface area contributed by atoms with Crippen LogP contribution in [0.1, 0.15) is 36.8 Å². The minimum absolute atomic E-state index is 0.339. The molecule has 0 spiro atoms. The molecule has 2 heterocycles. The summed E-state index contributed by atoms with van der Waals surface area (Å²) >= 11 is 0. The maximum absolute atomic E-state index is 4.49. The Kier molecular flexibility index (Phi) is 3.16. The highest BCUT2D eigenvalue weighted by Gasteiger charge is 2.17. The number of hydrogen-bond donors (Lipinski definition) is 2. The zero-order chi connectivity index (χ0) is 10.7. The van der Waals surface area contributed by atoms with Crippen LogP contribution in [0.15, 0.2) is 6.07 Å². The Balaban J connectivity index is 2.22. The van der Waals surface area contributed by atoms with E-state index in [0.29, 0.717) is 6.04 Å². The van der Waals surface area contributed by atoms with Crippen LogP contribution >= 0.6 is 0 Å². The third-order valence-electron chi connectivity index (χ3n) is 2.75. The van der Waals surface area contributed by atoms with Crippen molar-refractivity contribution < 1.29 is 0 Å². The van der Waals surface area contributed by atoms with E-state index >= 15 is 0 Å². The van der Waals surface area contributed by atoms with Gasteiger partial charge in [-0.3, -0.25) is 0 Å². The summed E-state index contributed by atoms with van der Waals surface area (Å²) in [6.07, 6.45) is 3.68. The quantitative estimate of drug-likeness (QED) is 0.772. The smallest absolute Gasteiger partial charge is 0.147 e. The van der Waals surface area contributed by atoms with Gasteiger partial charge in [0.25, 0.3) is 0 Å². The Labute approximate surface area is 90.5 Å². The van der Waals surface area contributed by atoms with E-state index < -0.39 is 0 Å². The van der Waals surface area contributed by atoms with Gasteiger partial charge in [-0.2, -0.15) is 0 Å². The van der Waals surface area contributed by atoms with Crippen LogP contribution in [0.2, 0.25) is 0 Å². The molecule has 0 bridgehead atoms. The summed E-state index contributed by atoms with van der Waals surface area (Å²) in [5.74, 6) is 1.84. The van der Waals surface area contributed by atoms with E-state index in [1.54, 1.807) is 0 Å². The number of piperidine rings is 1. The third-order valence-corrected chi connectivity index (χ3v) is 2.75. The SMILES string of the molecule is CNc1cc(C)nc([C@H]2CCCCN2)n1. The van der Waals surface area contributed by atoms with Crippen LogP contribution in [0.5, 0.6) is 0 Å². The first-order chi connectivity index (χ1) is 7.29. The van der Waals surface area contributed by atoms with Gasteiger partial charge < -0.3 is 10.6 Å². The molecule has 2 rings (SSSR count). The molecule has 1 saturated heterocycles. The van der Waals surface area contributed by atoms with E-state index in [4.69, 9.17) is 0 Å². The minimum Gasteiger partial charge on any atom is -0.373 e. The monoisotopic (exact) mass is 206 g/mol. The highest BCUT2D eigenvalue weighted by atomic mass is 15.1. The molecule has 82 valence electrons. The van der Waals surface area contributed by atoms with Crippen LogP contribution < -0.4 is 10.6 Å². The van der Waals surface area contributed by atoms with Crippen molar-refractivity contribution in [3.05, 3.63) is 17.6 Å². The lowest BCUT2D eigenvalue weighted by Crippen LogP contribution is -2.28. The number of nitrogens with one attached hydrogen (secondary N) is 2. The lowest BCUT2D eigenvalue weighted by molar-refractivity contribution is 0.397. The van der Waals surface area contributed by atoms with Gasteiger partial charge in [-0.15, -0.1) is 0 Å². The first-order valence-electron chi connectivity index (χ1n) is 5.56. The van der Waals surface area contributed by atoms with Gasteiger partial charge in [0.05, 0.1) is 6.04 Å². The molecule has 0 unspecified atom stereocenters. The second-order valence-electron chi connectivity index (χ2n) is 4.01. The Hall–Kier alpha value is -1.16. The van der Waals surface area contributed by atoms with Gasteiger partial charge in [-0.05, 0) is 26.3 Å². The number of aryl methyl sites for hydroxylation is 1. The van der Waals surface area contributed by atoms with Crippen molar-refractivity contribution in [2.45, 2.75) is 32.2 Å². The number of anilines is 1. The molecule has 1 atom stereocenters. The molecule has 1 aliphatic heterocycles. The van der Waals surface area contributed by atoms with Crippen LogP contribution in [-0.4, -0.2) is 23.6 Å². The second-order valence-corrected chi connectivity index (χ2v) is 4.01. The zero-order valence-electron chi connectivity index (χ0n) is 9.38. The predicted molar refractivity (Wildman–Crippen MR) is 60.9 cm³/mol. The molecule has 0 aliphatic carbocycles. The summed E-state index contributed by atoms with van der Waals surface area (Å²) in [5.41, 5.74) is 1.02. The lowest BCUT2D eigenvalue weighted by Gasteiger charge is -2.22. The highest BCUT2D eigenvalue weighted by molar-refractivity contribution is 5.35. The zero-order valence-corrected chi connectivity index (χ0v) is 9.38. The molecular formula is C11H18N4. The van der Waals surface area contributed by atoms with Crippen molar-refractivity contribution in [3.63, 3.8) is 0 Å². The summed E-state index contributed by atoms with van der Waals surface area (Å²) in [5, 5.41) is 6.53. The standard InChI is InChI=1S/C11H18N4/c1-8-7-10(12-2)15-11(14-8)9-5-3-4-6-13-9/h7,9,13H,3-6H2,1-2H3,(H,12,14,15)/t9-/m1/s1. The normalized spacial score (nSPS) is 21.3. The fourth-order valence-corrected chi connectivity index (χ4v) is 1.95.